The van der Waals surface area contributed by atoms with Crippen LogP contribution in [0.4, 0.5) is 0 Å². The third-order valence-electron chi connectivity index (χ3n) is 3.37. The number of hydrogen-bond donors (Lipinski definition) is 1. The fourth-order valence-corrected chi connectivity index (χ4v) is 2.17. The Morgan fingerprint density at radius 1 is 1.40 bits per heavy atom. The Labute approximate surface area is 117 Å². The van der Waals surface area contributed by atoms with Crippen LogP contribution >= 0.6 is 0 Å². The van der Waals surface area contributed by atoms with Crippen molar-refractivity contribution in [1.82, 2.24) is 15.1 Å². The summed E-state index contributed by atoms with van der Waals surface area (Å²) in [5.41, 5.74) is 1.92. The highest BCUT2D eigenvalue weighted by molar-refractivity contribution is 5.96. The van der Waals surface area contributed by atoms with Crippen LogP contribution in [0, 0.1) is 6.92 Å². The van der Waals surface area contributed by atoms with Crippen LogP contribution in [0.3, 0.4) is 0 Å². The number of aromatic nitrogens is 2. The smallest absolute Gasteiger partial charge is 0.305 e. The van der Waals surface area contributed by atoms with Gasteiger partial charge in [-0.25, -0.2) is 0 Å². The average Bonchev–Trinajstić information content (AvgIpc) is 3.23. The third-order valence-corrected chi connectivity index (χ3v) is 3.37. The van der Waals surface area contributed by atoms with E-state index >= 15 is 0 Å². The molecule has 0 radical (unpaired) electrons. The Hall–Kier alpha value is -1.98. The molecule has 0 aliphatic heterocycles. The lowest BCUT2D eigenvalue weighted by molar-refractivity contribution is -0.137. The Morgan fingerprint density at radius 3 is 2.65 bits per heavy atom. The lowest BCUT2D eigenvalue weighted by atomic mass is 10.1. The zero-order valence-electron chi connectivity index (χ0n) is 11.8. The number of nitrogens with zero attached hydrogens (tertiary/aromatic N) is 3. The van der Waals surface area contributed by atoms with Crippen LogP contribution in [0.15, 0.2) is 6.07 Å². The molecule has 1 aliphatic carbocycles. The second kappa shape index (κ2) is 5.98. The van der Waals surface area contributed by atoms with Crippen molar-refractivity contribution in [2.75, 3.05) is 6.54 Å². The molecule has 1 fully saturated rings. The Kier molecular flexibility index (Phi) is 4.32. The SMILES string of the molecule is CCc1nnc(C)cc1C(=O)N(CCC(=O)O)C1CC1. The van der Waals surface area contributed by atoms with E-state index in [1.54, 1.807) is 17.9 Å². The topological polar surface area (TPSA) is 83.4 Å². The number of aryl methyl sites for hydroxylation is 2. The Bertz CT molecular complexity index is 526. The maximum Gasteiger partial charge on any atom is 0.305 e. The Morgan fingerprint density at radius 2 is 2.10 bits per heavy atom. The highest BCUT2D eigenvalue weighted by Gasteiger charge is 2.34. The number of amides is 1. The zero-order valence-corrected chi connectivity index (χ0v) is 11.8. The molecule has 20 heavy (non-hydrogen) atoms. The molecule has 0 spiro atoms. The minimum atomic E-state index is -0.886. The molecule has 1 aromatic rings. The summed E-state index contributed by atoms with van der Waals surface area (Å²) in [6.45, 7) is 3.97. The van der Waals surface area contributed by atoms with Crippen LogP contribution in [0.25, 0.3) is 0 Å². The lowest BCUT2D eigenvalue weighted by Crippen LogP contribution is -2.35. The van der Waals surface area contributed by atoms with E-state index in [0.29, 0.717) is 23.4 Å². The maximum absolute atomic E-state index is 12.6. The largest absolute Gasteiger partial charge is 0.481 e. The van der Waals surface area contributed by atoms with E-state index in [4.69, 9.17) is 5.11 Å². The van der Waals surface area contributed by atoms with E-state index in [1.807, 2.05) is 6.92 Å². The first-order valence-corrected chi connectivity index (χ1v) is 6.89. The van der Waals surface area contributed by atoms with Gasteiger partial charge >= 0.3 is 5.97 Å². The molecular formula is C14H19N3O3. The van der Waals surface area contributed by atoms with Crippen molar-refractivity contribution in [3.05, 3.63) is 23.0 Å². The predicted octanol–water partition coefficient (Wildman–Crippen LogP) is 1.43. The molecule has 1 aliphatic rings. The second-order valence-electron chi connectivity index (χ2n) is 5.07. The molecule has 0 aromatic carbocycles. The van der Waals surface area contributed by atoms with E-state index in [9.17, 15) is 9.59 Å². The fraction of sp³-hybridized carbons (Fsp3) is 0.571. The van der Waals surface area contributed by atoms with Crippen LogP contribution in [-0.2, 0) is 11.2 Å². The van der Waals surface area contributed by atoms with Gasteiger partial charge in [0.2, 0.25) is 0 Å². The number of carboxylic acids is 1. The number of carbonyl (C=O) groups is 2. The van der Waals surface area contributed by atoms with Crippen molar-refractivity contribution < 1.29 is 14.7 Å². The van der Waals surface area contributed by atoms with Crippen molar-refractivity contribution >= 4 is 11.9 Å². The molecule has 1 aromatic heterocycles. The molecule has 6 nitrogen and oxygen atoms in total. The van der Waals surface area contributed by atoms with Crippen LogP contribution in [0.1, 0.15) is 47.9 Å². The maximum atomic E-state index is 12.6. The molecule has 1 saturated carbocycles. The van der Waals surface area contributed by atoms with E-state index in [0.717, 1.165) is 12.8 Å². The molecule has 0 unspecified atom stereocenters. The molecular weight excluding hydrogens is 258 g/mol. The van der Waals surface area contributed by atoms with Gasteiger partial charge in [0.1, 0.15) is 0 Å². The van der Waals surface area contributed by atoms with Gasteiger partial charge in [-0.05, 0) is 32.3 Å². The summed E-state index contributed by atoms with van der Waals surface area (Å²) in [5.74, 6) is -1.01. The van der Waals surface area contributed by atoms with Gasteiger partial charge in [0.25, 0.3) is 5.91 Å². The first-order chi connectivity index (χ1) is 9.52. The van der Waals surface area contributed by atoms with E-state index in [2.05, 4.69) is 10.2 Å². The Balaban J connectivity index is 2.22. The van der Waals surface area contributed by atoms with Gasteiger partial charge in [-0.1, -0.05) is 6.92 Å². The summed E-state index contributed by atoms with van der Waals surface area (Å²) in [5, 5.41) is 16.8. The second-order valence-corrected chi connectivity index (χ2v) is 5.07. The van der Waals surface area contributed by atoms with Crippen molar-refractivity contribution in [3.8, 4) is 0 Å². The number of aliphatic carboxylic acids is 1. The average molecular weight is 277 g/mol. The van der Waals surface area contributed by atoms with E-state index in [-0.39, 0.29) is 24.9 Å². The van der Waals surface area contributed by atoms with Crippen LogP contribution in [-0.4, -0.2) is 44.7 Å². The zero-order chi connectivity index (χ0) is 14.7. The van der Waals surface area contributed by atoms with Gasteiger partial charge in [-0.3, -0.25) is 9.59 Å². The third kappa shape index (κ3) is 3.31. The van der Waals surface area contributed by atoms with E-state index in [1.165, 1.54) is 0 Å². The van der Waals surface area contributed by atoms with Crippen molar-refractivity contribution in [1.29, 1.82) is 0 Å². The molecule has 0 bridgehead atoms. The molecule has 0 saturated heterocycles. The fourth-order valence-electron chi connectivity index (χ4n) is 2.17. The van der Waals surface area contributed by atoms with Crippen LogP contribution in [0.5, 0.6) is 0 Å². The van der Waals surface area contributed by atoms with Crippen LogP contribution in [0.2, 0.25) is 0 Å². The predicted molar refractivity (Wildman–Crippen MR) is 72.5 cm³/mol. The molecule has 2 rings (SSSR count). The molecule has 108 valence electrons. The minimum Gasteiger partial charge on any atom is -0.481 e. The first kappa shape index (κ1) is 14.4. The van der Waals surface area contributed by atoms with Gasteiger partial charge < -0.3 is 10.0 Å². The summed E-state index contributed by atoms with van der Waals surface area (Å²) >= 11 is 0. The summed E-state index contributed by atoms with van der Waals surface area (Å²) in [7, 11) is 0. The number of hydrogen-bond acceptors (Lipinski definition) is 4. The van der Waals surface area contributed by atoms with Crippen LogP contribution < -0.4 is 0 Å². The standard InChI is InChI=1S/C14H19N3O3/c1-3-12-11(8-9(2)15-16-12)14(20)17(10-4-5-10)7-6-13(18)19/h8,10H,3-7H2,1-2H3,(H,18,19). The quantitative estimate of drug-likeness (QED) is 0.850. The molecule has 0 atom stereocenters. The normalized spacial score (nSPS) is 14.1. The molecule has 6 heteroatoms. The van der Waals surface area contributed by atoms with E-state index < -0.39 is 5.97 Å². The van der Waals surface area contributed by atoms with Crippen molar-refractivity contribution in [3.63, 3.8) is 0 Å². The van der Waals surface area contributed by atoms with Gasteiger partial charge in [0.05, 0.1) is 23.4 Å². The van der Waals surface area contributed by atoms with Crippen molar-refractivity contribution in [2.24, 2.45) is 0 Å². The van der Waals surface area contributed by atoms with Gasteiger partial charge in [0, 0.05) is 12.6 Å². The van der Waals surface area contributed by atoms with Gasteiger partial charge in [0.15, 0.2) is 0 Å². The summed E-state index contributed by atoms with van der Waals surface area (Å²) in [6, 6.07) is 1.92. The molecule has 1 amide bonds. The summed E-state index contributed by atoms with van der Waals surface area (Å²) < 4.78 is 0. The molecule has 1 N–H and O–H groups in total. The lowest BCUT2D eigenvalue weighted by Gasteiger charge is -2.22. The number of rotatable bonds is 6. The van der Waals surface area contributed by atoms with Gasteiger partial charge in [-0.2, -0.15) is 10.2 Å². The summed E-state index contributed by atoms with van der Waals surface area (Å²) in [6.07, 6.45) is 2.50. The summed E-state index contributed by atoms with van der Waals surface area (Å²) in [4.78, 5) is 25.0. The molecule has 1 heterocycles. The van der Waals surface area contributed by atoms with Crippen molar-refractivity contribution in [2.45, 2.75) is 45.6 Å². The number of carbonyl (C=O) groups excluding carboxylic acids is 1. The highest BCUT2D eigenvalue weighted by Crippen LogP contribution is 2.29. The minimum absolute atomic E-state index is 0.0266. The monoisotopic (exact) mass is 277 g/mol. The van der Waals surface area contributed by atoms with Gasteiger partial charge in [-0.15, -0.1) is 0 Å². The first-order valence-electron chi connectivity index (χ1n) is 6.89. The highest BCUT2D eigenvalue weighted by atomic mass is 16.4. The number of carboxylic acid groups (broad SMARTS) is 1.